The van der Waals surface area contributed by atoms with Crippen molar-refractivity contribution in [1.29, 1.82) is 0 Å². The fourth-order valence-corrected chi connectivity index (χ4v) is 1.82. The molecule has 1 N–H and O–H groups in total. The molecule has 0 aromatic carbocycles. The van der Waals surface area contributed by atoms with Crippen LogP contribution in [0.2, 0.25) is 0 Å². The van der Waals surface area contributed by atoms with Gasteiger partial charge in [0, 0.05) is 11.4 Å². The molecule has 1 aromatic rings. The quantitative estimate of drug-likeness (QED) is 0.620. The van der Waals surface area contributed by atoms with Gasteiger partial charge in [-0.3, -0.25) is 0 Å². The van der Waals surface area contributed by atoms with Crippen molar-refractivity contribution in [3.63, 3.8) is 0 Å². The van der Waals surface area contributed by atoms with Gasteiger partial charge in [0.05, 0.1) is 0 Å². The summed E-state index contributed by atoms with van der Waals surface area (Å²) in [7, 11) is 0. The van der Waals surface area contributed by atoms with Crippen LogP contribution in [0.25, 0.3) is 6.08 Å². The van der Waals surface area contributed by atoms with Crippen LogP contribution in [-0.4, -0.2) is 4.98 Å². The van der Waals surface area contributed by atoms with E-state index in [4.69, 9.17) is 0 Å². The molecule has 0 aliphatic heterocycles. The van der Waals surface area contributed by atoms with Crippen molar-refractivity contribution in [2.24, 2.45) is 0 Å². The number of hydrogen-bond donors (Lipinski definition) is 1. The average Bonchev–Trinajstić information content (AvgIpc) is 2.31. The molecule has 0 spiro atoms. The molecule has 1 aliphatic carbocycles. The molecule has 1 heteroatoms. The van der Waals surface area contributed by atoms with E-state index >= 15 is 0 Å². The molecule has 13 heavy (non-hydrogen) atoms. The number of aromatic amines is 1. The Hall–Kier alpha value is -1.24. The van der Waals surface area contributed by atoms with Crippen LogP contribution in [0.15, 0.2) is 18.2 Å². The number of aryl methyl sites for hydroxylation is 1. The molecule has 68 valence electrons. The SMILES string of the molecule is Cc1[nH]c2c(c1C)CC/C=C/C=C2. The molecule has 0 unspecified atom stereocenters. The predicted molar refractivity (Wildman–Crippen MR) is 56.8 cm³/mol. The van der Waals surface area contributed by atoms with Crippen molar-refractivity contribution < 1.29 is 0 Å². The van der Waals surface area contributed by atoms with Crippen LogP contribution in [0.4, 0.5) is 0 Å². The third kappa shape index (κ3) is 1.46. The monoisotopic (exact) mass is 173 g/mol. The largest absolute Gasteiger partial charge is 0.359 e. The summed E-state index contributed by atoms with van der Waals surface area (Å²) in [6.45, 7) is 4.34. The highest BCUT2D eigenvalue weighted by atomic mass is 14.7. The van der Waals surface area contributed by atoms with Crippen LogP contribution in [0, 0.1) is 13.8 Å². The van der Waals surface area contributed by atoms with Gasteiger partial charge in [0.1, 0.15) is 0 Å². The molecule has 1 nitrogen and oxygen atoms in total. The maximum absolute atomic E-state index is 3.41. The van der Waals surface area contributed by atoms with E-state index in [0.29, 0.717) is 0 Å². The van der Waals surface area contributed by atoms with Gasteiger partial charge < -0.3 is 4.98 Å². The van der Waals surface area contributed by atoms with Gasteiger partial charge in [0.2, 0.25) is 0 Å². The van der Waals surface area contributed by atoms with Gasteiger partial charge in [-0.1, -0.05) is 18.2 Å². The van der Waals surface area contributed by atoms with Gasteiger partial charge in [-0.15, -0.1) is 0 Å². The van der Waals surface area contributed by atoms with Crippen LogP contribution in [0.1, 0.15) is 28.9 Å². The minimum absolute atomic E-state index is 1.15. The number of aromatic nitrogens is 1. The van der Waals surface area contributed by atoms with Gasteiger partial charge in [-0.05, 0) is 43.9 Å². The smallest absolute Gasteiger partial charge is 0.0417 e. The van der Waals surface area contributed by atoms with Crippen molar-refractivity contribution in [2.45, 2.75) is 26.7 Å². The standard InChI is InChI=1S/C12H15N/c1-9-10(2)13-12-8-6-4-3-5-7-11(9)12/h3-4,6,8,13H,5,7H2,1-2H3/b4-3+,8-6?. The Balaban J connectivity index is 2.50. The van der Waals surface area contributed by atoms with E-state index in [0.717, 1.165) is 12.8 Å². The van der Waals surface area contributed by atoms with E-state index in [-0.39, 0.29) is 0 Å². The van der Waals surface area contributed by atoms with E-state index in [9.17, 15) is 0 Å². The molecule has 1 aromatic heterocycles. The third-order valence-electron chi connectivity index (χ3n) is 2.73. The first-order valence-corrected chi connectivity index (χ1v) is 4.80. The van der Waals surface area contributed by atoms with E-state index in [2.05, 4.69) is 43.1 Å². The van der Waals surface area contributed by atoms with Crippen LogP contribution >= 0.6 is 0 Å². The Kier molecular flexibility index (Phi) is 2.09. The van der Waals surface area contributed by atoms with E-state index in [1.165, 1.54) is 22.5 Å². The summed E-state index contributed by atoms with van der Waals surface area (Å²) in [5.41, 5.74) is 5.50. The van der Waals surface area contributed by atoms with Crippen LogP contribution < -0.4 is 0 Å². The first-order valence-electron chi connectivity index (χ1n) is 4.80. The fraction of sp³-hybridized carbons (Fsp3) is 0.333. The molecule has 1 aliphatic rings. The van der Waals surface area contributed by atoms with Gasteiger partial charge in [-0.25, -0.2) is 0 Å². The summed E-state index contributed by atoms with van der Waals surface area (Å²) in [5, 5.41) is 0. The number of hydrogen-bond acceptors (Lipinski definition) is 0. The lowest BCUT2D eigenvalue weighted by Crippen LogP contribution is -1.89. The first kappa shape index (κ1) is 8.36. The van der Waals surface area contributed by atoms with Crippen molar-refractivity contribution in [3.05, 3.63) is 40.7 Å². The number of fused-ring (bicyclic) bond motifs is 1. The summed E-state index contributed by atoms with van der Waals surface area (Å²) in [4.78, 5) is 3.41. The highest BCUT2D eigenvalue weighted by molar-refractivity contribution is 5.56. The molecular formula is C12H15N. The molecule has 0 amide bonds. The summed E-state index contributed by atoms with van der Waals surface area (Å²) in [6.07, 6.45) is 10.9. The second-order valence-electron chi connectivity index (χ2n) is 3.59. The number of rotatable bonds is 0. The van der Waals surface area contributed by atoms with E-state index in [1.54, 1.807) is 0 Å². The lowest BCUT2D eigenvalue weighted by atomic mass is 10.0. The fourth-order valence-electron chi connectivity index (χ4n) is 1.82. The highest BCUT2D eigenvalue weighted by Crippen LogP contribution is 2.21. The van der Waals surface area contributed by atoms with Gasteiger partial charge in [0.25, 0.3) is 0 Å². The summed E-state index contributed by atoms with van der Waals surface area (Å²) < 4.78 is 0. The molecule has 0 radical (unpaired) electrons. The minimum Gasteiger partial charge on any atom is -0.359 e. The zero-order valence-electron chi connectivity index (χ0n) is 8.22. The predicted octanol–water partition coefficient (Wildman–Crippen LogP) is 3.15. The van der Waals surface area contributed by atoms with Gasteiger partial charge in [-0.2, -0.15) is 0 Å². The molecule has 0 saturated heterocycles. The number of allylic oxidation sites excluding steroid dienone is 3. The van der Waals surface area contributed by atoms with Crippen molar-refractivity contribution in [3.8, 4) is 0 Å². The molecule has 2 rings (SSSR count). The zero-order chi connectivity index (χ0) is 9.26. The lowest BCUT2D eigenvalue weighted by molar-refractivity contribution is 0.986. The second kappa shape index (κ2) is 3.25. The average molecular weight is 173 g/mol. The summed E-state index contributed by atoms with van der Waals surface area (Å²) in [5.74, 6) is 0. The van der Waals surface area contributed by atoms with E-state index < -0.39 is 0 Å². The Morgan fingerprint density at radius 1 is 1.23 bits per heavy atom. The number of nitrogens with one attached hydrogen (secondary N) is 1. The van der Waals surface area contributed by atoms with Gasteiger partial charge >= 0.3 is 0 Å². The lowest BCUT2D eigenvalue weighted by Gasteiger charge is -2.01. The van der Waals surface area contributed by atoms with Gasteiger partial charge in [0.15, 0.2) is 0 Å². The molecular weight excluding hydrogens is 158 g/mol. The van der Waals surface area contributed by atoms with Crippen molar-refractivity contribution in [2.75, 3.05) is 0 Å². The Labute approximate surface area is 79.2 Å². The highest BCUT2D eigenvalue weighted by Gasteiger charge is 2.08. The topological polar surface area (TPSA) is 15.8 Å². The summed E-state index contributed by atoms with van der Waals surface area (Å²) in [6, 6.07) is 0. The maximum atomic E-state index is 3.41. The zero-order valence-corrected chi connectivity index (χ0v) is 8.22. The Morgan fingerprint density at radius 3 is 2.92 bits per heavy atom. The second-order valence-corrected chi connectivity index (χ2v) is 3.59. The summed E-state index contributed by atoms with van der Waals surface area (Å²) >= 11 is 0. The normalized spacial score (nSPS) is 17.7. The third-order valence-corrected chi connectivity index (χ3v) is 2.73. The number of H-pyrrole nitrogens is 1. The molecule has 1 heterocycles. The van der Waals surface area contributed by atoms with Crippen molar-refractivity contribution in [1.82, 2.24) is 4.98 Å². The van der Waals surface area contributed by atoms with E-state index in [1.807, 2.05) is 0 Å². The van der Waals surface area contributed by atoms with Crippen LogP contribution in [0.5, 0.6) is 0 Å². The molecule has 0 bridgehead atoms. The van der Waals surface area contributed by atoms with Crippen LogP contribution in [-0.2, 0) is 6.42 Å². The van der Waals surface area contributed by atoms with Crippen molar-refractivity contribution >= 4 is 6.08 Å². The molecule has 0 saturated carbocycles. The molecule has 0 atom stereocenters. The van der Waals surface area contributed by atoms with Crippen LogP contribution in [0.3, 0.4) is 0 Å². The minimum atomic E-state index is 1.15. The Bertz CT molecular complexity index is 367. The maximum Gasteiger partial charge on any atom is 0.0417 e. The Morgan fingerprint density at radius 2 is 2.08 bits per heavy atom. The first-order chi connectivity index (χ1) is 6.29. The molecule has 0 fully saturated rings.